The van der Waals surface area contributed by atoms with Crippen LogP contribution in [0.25, 0.3) is 10.9 Å². The standard InChI is InChI=1S/C20H20ClN3O2/c1-12-8-13(2)14-10-18(22-17(14)9-12)20(26)24(3)11-19(25)23-16-7-5-4-6-15(16)21/h4-10,22H,11H2,1-3H3,(H,23,25). The van der Waals surface area contributed by atoms with Gasteiger partial charge in [-0.1, -0.05) is 29.8 Å². The van der Waals surface area contributed by atoms with E-state index in [1.165, 1.54) is 4.90 Å². The van der Waals surface area contributed by atoms with E-state index in [0.717, 1.165) is 22.0 Å². The van der Waals surface area contributed by atoms with Gasteiger partial charge >= 0.3 is 0 Å². The van der Waals surface area contributed by atoms with Gasteiger partial charge in [-0.15, -0.1) is 0 Å². The minimum atomic E-state index is -0.308. The summed E-state index contributed by atoms with van der Waals surface area (Å²) in [6.45, 7) is 3.95. The van der Waals surface area contributed by atoms with Crippen LogP contribution in [0.1, 0.15) is 21.6 Å². The Morgan fingerprint density at radius 2 is 1.88 bits per heavy atom. The number of benzene rings is 2. The number of aryl methyl sites for hydroxylation is 2. The topological polar surface area (TPSA) is 65.2 Å². The Balaban J connectivity index is 1.72. The number of aromatic amines is 1. The number of nitrogens with zero attached hydrogens (tertiary/aromatic N) is 1. The summed E-state index contributed by atoms with van der Waals surface area (Å²) >= 11 is 6.04. The molecule has 0 aliphatic carbocycles. The predicted molar refractivity (Wildman–Crippen MR) is 105 cm³/mol. The third kappa shape index (κ3) is 3.73. The smallest absolute Gasteiger partial charge is 0.270 e. The molecule has 0 spiro atoms. The van der Waals surface area contributed by atoms with Gasteiger partial charge in [0.25, 0.3) is 5.91 Å². The van der Waals surface area contributed by atoms with Crippen LogP contribution >= 0.6 is 11.6 Å². The predicted octanol–water partition coefficient (Wildman–Crippen LogP) is 4.15. The number of nitrogens with one attached hydrogen (secondary N) is 2. The van der Waals surface area contributed by atoms with E-state index in [2.05, 4.69) is 16.4 Å². The minimum absolute atomic E-state index is 0.0720. The molecule has 2 aromatic carbocycles. The molecule has 1 aromatic heterocycles. The zero-order chi connectivity index (χ0) is 18.8. The SMILES string of the molecule is Cc1cc(C)c2cc(C(=O)N(C)CC(=O)Nc3ccccc3Cl)[nH]c2c1. The molecule has 5 nitrogen and oxygen atoms in total. The van der Waals surface area contributed by atoms with Crippen molar-refractivity contribution < 1.29 is 9.59 Å². The molecule has 0 saturated carbocycles. The lowest BCUT2D eigenvalue weighted by Gasteiger charge is -2.16. The maximum Gasteiger partial charge on any atom is 0.270 e. The molecule has 0 aliphatic rings. The molecule has 0 aliphatic heterocycles. The van der Waals surface area contributed by atoms with Crippen LogP contribution in [0.2, 0.25) is 5.02 Å². The van der Waals surface area contributed by atoms with Crippen molar-refractivity contribution >= 4 is 40.0 Å². The second kappa shape index (κ2) is 7.22. The number of hydrogen-bond donors (Lipinski definition) is 2. The number of anilines is 1. The Labute approximate surface area is 157 Å². The molecule has 134 valence electrons. The van der Waals surface area contributed by atoms with Gasteiger partial charge in [-0.25, -0.2) is 0 Å². The lowest BCUT2D eigenvalue weighted by molar-refractivity contribution is -0.116. The number of carbonyl (C=O) groups excluding carboxylic acids is 2. The second-order valence-electron chi connectivity index (χ2n) is 6.42. The normalized spacial score (nSPS) is 10.8. The first kappa shape index (κ1) is 18.0. The molecule has 0 bridgehead atoms. The molecule has 0 unspecified atom stereocenters. The second-order valence-corrected chi connectivity index (χ2v) is 6.82. The van der Waals surface area contributed by atoms with E-state index < -0.39 is 0 Å². The Morgan fingerprint density at radius 3 is 2.62 bits per heavy atom. The summed E-state index contributed by atoms with van der Waals surface area (Å²) < 4.78 is 0. The maximum absolute atomic E-state index is 12.7. The van der Waals surface area contributed by atoms with Crippen LogP contribution in [0.15, 0.2) is 42.5 Å². The van der Waals surface area contributed by atoms with E-state index in [1.54, 1.807) is 31.3 Å². The van der Waals surface area contributed by atoms with Crippen LogP contribution in [0.5, 0.6) is 0 Å². The summed E-state index contributed by atoms with van der Waals surface area (Å²) in [4.78, 5) is 29.4. The van der Waals surface area contributed by atoms with Crippen LogP contribution in [-0.4, -0.2) is 35.3 Å². The monoisotopic (exact) mass is 369 g/mol. The number of amides is 2. The molecule has 2 N–H and O–H groups in total. The van der Waals surface area contributed by atoms with Crippen LogP contribution in [0.4, 0.5) is 5.69 Å². The maximum atomic E-state index is 12.7. The van der Waals surface area contributed by atoms with Gasteiger partial charge in [-0.2, -0.15) is 0 Å². The third-order valence-electron chi connectivity index (χ3n) is 4.20. The number of aromatic nitrogens is 1. The average molecular weight is 370 g/mol. The number of carbonyl (C=O) groups is 2. The molecular formula is C20H20ClN3O2. The highest BCUT2D eigenvalue weighted by atomic mass is 35.5. The fraction of sp³-hybridized carbons (Fsp3) is 0.200. The largest absolute Gasteiger partial charge is 0.351 e. The van der Waals surface area contributed by atoms with E-state index in [-0.39, 0.29) is 18.4 Å². The molecule has 26 heavy (non-hydrogen) atoms. The van der Waals surface area contributed by atoms with Crippen LogP contribution in [0.3, 0.4) is 0 Å². The van der Waals surface area contributed by atoms with Crippen LogP contribution in [-0.2, 0) is 4.79 Å². The van der Waals surface area contributed by atoms with Gasteiger partial charge in [-0.3, -0.25) is 9.59 Å². The van der Waals surface area contributed by atoms with Gasteiger partial charge in [0, 0.05) is 18.0 Å². The first-order valence-electron chi connectivity index (χ1n) is 8.25. The molecular weight excluding hydrogens is 350 g/mol. The lowest BCUT2D eigenvalue weighted by atomic mass is 10.1. The molecule has 3 aromatic rings. The van der Waals surface area contributed by atoms with Crippen molar-refractivity contribution in [3.8, 4) is 0 Å². The first-order valence-corrected chi connectivity index (χ1v) is 8.63. The van der Waals surface area contributed by atoms with Crippen molar-refractivity contribution in [1.82, 2.24) is 9.88 Å². The molecule has 0 saturated heterocycles. The number of likely N-dealkylation sites (N-methyl/N-ethyl adjacent to an activating group) is 1. The zero-order valence-electron chi connectivity index (χ0n) is 14.9. The Hall–Kier alpha value is -2.79. The quantitative estimate of drug-likeness (QED) is 0.725. The van der Waals surface area contributed by atoms with Crippen molar-refractivity contribution in [3.05, 3.63) is 64.3 Å². The van der Waals surface area contributed by atoms with E-state index >= 15 is 0 Å². The van der Waals surface area contributed by atoms with Crippen LogP contribution < -0.4 is 5.32 Å². The molecule has 0 fully saturated rings. The number of rotatable bonds is 4. The number of fused-ring (bicyclic) bond motifs is 1. The van der Waals surface area contributed by atoms with Gasteiger partial charge in [0.2, 0.25) is 5.91 Å². The molecule has 0 radical (unpaired) electrons. The summed E-state index contributed by atoms with van der Waals surface area (Å²) in [5.41, 5.74) is 4.14. The highest BCUT2D eigenvalue weighted by Crippen LogP contribution is 2.22. The Kier molecular flexibility index (Phi) is 5.00. The minimum Gasteiger partial charge on any atom is -0.351 e. The Morgan fingerprint density at radius 1 is 1.15 bits per heavy atom. The lowest BCUT2D eigenvalue weighted by Crippen LogP contribution is -2.35. The van der Waals surface area contributed by atoms with Crippen molar-refractivity contribution in [1.29, 1.82) is 0 Å². The van der Waals surface area contributed by atoms with Gasteiger partial charge in [0.1, 0.15) is 5.69 Å². The van der Waals surface area contributed by atoms with Gasteiger partial charge in [0.05, 0.1) is 17.3 Å². The summed E-state index contributed by atoms with van der Waals surface area (Å²) in [6, 6.07) is 12.9. The van der Waals surface area contributed by atoms with E-state index in [9.17, 15) is 9.59 Å². The van der Waals surface area contributed by atoms with E-state index in [4.69, 9.17) is 11.6 Å². The van der Waals surface area contributed by atoms with Crippen LogP contribution in [0, 0.1) is 13.8 Å². The summed E-state index contributed by atoms with van der Waals surface area (Å²) in [5.74, 6) is -0.551. The number of para-hydroxylation sites is 1. The molecule has 1 heterocycles. The summed E-state index contributed by atoms with van der Waals surface area (Å²) in [7, 11) is 1.60. The highest BCUT2D eigenvalue weighted by molar-refractivity contribution is 6.33. The van der Waals surface area contributed by atoms with Crippen molar-refractivity contribution in [2.24, 2.45) is 0 Å². The first-order chi connectivity index (χ1) is 12.3. The average Bonchev–Trinajstić information content (AvgIpc) is 3.00. The van der Waals surface area contributed by atoms with Gasteiger partial charge in [0.15, 0.2) is 0 Å². The molecule has 6 heteroatoms. The summed E-state index contributed by atoms with van der Waals surface area (Å²) in [5, 5.41) is 4.18. The molecule has 0 atom stereocenters. The highest BCUT2D eigenvalue weighted by Gasteiger charge is 2.18. The van der Waals surface area contributed by atoms with Crippen molar-refractivity contribution in [2.75, 3.05) is 18.9 Å². The number of H-pyrrole nitrogens is 1. The third-order valence-corrected chi connectivity index (χ3v) is 4.52. The molecule has 3 rings (SSSR count). The number of halogens is 1. The number of hydrogen-bond acceptors (Lipinski definition) is 2. The van der Waals surface area contributed by atoms with Crippen molar-refractivity contribution in [3.63, 3.8) is 0 Å². The summed E-state index contributed by atoms with van der Waals surface area (Å²) in [6.07, 6.45) is 0. The van der Waals surface area contributed by atoms with Gasteiger partial charge < -0.3 is 15.2 Å². The van der Waals surface area contributed by atoms with Gasteiger partial charge in [-0.05, 0) is 49.2 Å². The fourth-order valence-corrected chi connectivity index (χ4v) is 3.14. The fourth-order valence-electron chi connectivity index (χ4n) is 2.96. The zero-order valence-corrected chi connectivity index (χ0v) is 15.6. The van der Waals surface area contributed by atoms with E-state index in [0.29, 0.717) is 16.4 Å². The van der Waals surface area contributed by atoms with E-state index in [1.807, 2.05) is 26.0 Å². The Bertz CT molecular complexity index is 994. The molecule has 2 amide bonds. The van der Waals surface area contributed by atoms with Crippen molar-refractivity contribution in [2.45, 2.75) is 13.8 Å².